The number of aromatic nitrogens is 1. The number of carbonyl (C=O) groups excluding carboxylic acids is 1. The van der Waals surface area contributed by atoms with E-state index in [4.69, 9.17) is 11.6 Å². The molecule has 1 aliphatic rings. The Balaban J connectivity index is 1.67. The normalized spacial score (nSPS) is 14.1. The molecule has 1 saturated carbocycles. The van der Waals surface area contributed by atoms with Crippen LogP contribution in [0.15, 0.2) is 48.7 Å². The van der Waals surface area contributed by atoms with Crippen LogP contribution in [-0.2, 0) is 4.79 Å². The Hall–Kier alpha value is -3.59. The molecule has 1 unspecified atom stereocenters. The van der Waals surface area contributed by atoms with Crippen molar-refractivity contribution in [1.29, 1.82) is 0 Å². The molecule has 3 aromatic rings. The van der Waals surface area contributed by atoms with Gasteiger partial charge in [0.15, 0.2) is 6.20 Å². The molecule has 0 spiro atoms. The second kappa shape index (κ2) is 10.2. The highest BCUT2D eigenvalue weighted by Crippen LogP contribution is 2.40. The van der Waals surface area contributed by atoms with E-state index in [0.717, 1.165) is 31.2 Å². The lowest BCUT2D eigenvalue weighted by Crippen LogP contribution is -2.37. The van der Waals surface area contributed by atoms with Gasteiger partial charge in [-0.15, -0.1) is 0 Å². The summed E-state index contributed by atoms with van der Waals surface area (Å²) < 4.78 is 42.1. The molecule has 10 heteroatoms. The summed E-state index contributed by atoms with van der Waals surface area (Å²) in [5.41, 5.74) is -0.131. The Morgan fingerprint density at radius 3 is 2.50 bits per heavy atom. The molecule has 0 bridgehead atoms. The molecular weight excluding hydrogens is 497 g/mol. The predicted octanol–water partition coefficient (Wildman–Crippen LogP) is 6.25. The maximum absolute atomic E-state index is 14.7. The number of amides is 1. The topological polar surface area (TPSA) is 93.3 Å². The van der Waals surface area contributed by atoms with Crippen LogP contribution in [0.25, 0.3) is 11.1 Å². The summed E-state index contributed by atoms with van der Waals surface area (Å²) in [7, 11) is 0. The number of carbonyl (C=O) groups is 2. The summed E-state index contributed by atoms with van der Waals surface area (Å²) in [6.07, 6.45) is 0.204. The highest BCUT2D eigenvalue weighted by molar-refractivity contribution is 6.31. The van der Waals surface area contributed by atoms with Crippen molar-refractivity contribution in [3.05, 3.63) is 87.1 Å². The van der Waals surface area contributed by atoms with Crippen LogP contribution in [0.4, 0.5) is 18.9 Å². The number of halogens is 4. The number of alkyl halides is 2. The first kappa shape index (κ1) is 25.5. The minimum absolute atomic E-state index is 0.0862. The van der Waals surface area contributed by atoms with Crippen LogP contribution in [0.1, 0.15) is 58.8 Å². The van der Waals surface area contributed by atoms with Gasteiger partial charge in [0, 0.05) is 22.9 Å². The SMILES string of the molecule is Cc1cc(NC(=O)C(CC2CC2)c2ccc(-c3c(C(F)F)ccc(Cl)c3F)c[n+]2[O-])ccc1C(=O)O. The summed E-state index contributed by atoms with van der Waals surface area (Å²) >= 11 is 5.79. The molecule has 1 heterocycles. The van der Waals surface area contributed by atoms with Gasteiger partial charge in [-0.2, -0.15) is 4.73 Å². The molecule has 36 heavy (non-hydrogen) atoms. The van der Waals surface area contributed by atoms with Crippen molar-refractivity contribution >= 4 is 29.2 Å². The Morgan fingerprint density at radius 2 is 1.92 bits per heavy atom. The predicted molar refractivity (Wildman–Crippen MR) is 128 cm³/mol. The van der Waals surface area contributed by atoms with Crippen LogP contribution in [0, 0.1) is 23.9 Å². The van der Waals surface area contributed by atoms with E-state index in [1.807, 2.05) is 0 Å². The summed E-state index contributed by atoms with van der Waals surface area (Å²) in [6.45, 7) is 1.60. The molecule has 1 amide bonds. The van der Waals surface area contributed by atoms with Crippen LogP contribution in [0.5, 0.6) is 0 Å². The van der Waals surface area contributed by atoms with E-state index in [2.05, 4.69) is 5.32 Å². The lowest BCUT2D eigenvalue weighted by molar-refractivity contribution is -0.614. The highest BCUT2D eigenvalue weighted by atomic mass is 35.5. The third-order valence-corrected chi connectivity index (χ3v) is 6.55. The van der Waals surface area contributed by atoms with E-state index in [-0.39, 0.29) is 27.8 Å². The number of carboxylic acids is 1. The van der Waals surface area contributed by atoms with Gasteiger partial charge in [-0.25, -0.2) is 18.0 Å². The van der Waals surface area contributed by atoms with Crippen LogP contribution in [-0.4, -0.2) is 17.0 Å². The van der Waals surface area contributed by atoms with E-state index in [9.17, 15) is 33.1 Å². The second-order valence-electron chi connectivity index (χ2n) is 8.85. The number of carboxylic acid groups (broad SMARTS) is 1. The van der Waals surface area contributed by atoms with Gasteiger partial charge in [0.2, 0.25) is 11.6 Å². The summed E-state index contributed by atoms with van der Waals surface area (Å²) in [4.78, 5) is 24.4. The van der Waals surface area contributed by atoms with Crippen molar-refractivity contribution < 1.29 is 32.6 Å². The number of hydrogen-bond donors (Lipinski definition) is 2. The standard InChI is InChI=1S/C26H22ClF3N2O4/c1-13-10-16(5-6-17(13)26(34)35)31-25(33)19(11-14-2-3-14)21-9-4-15(12-32(21)36)22-18(24(29)30)7-8-20(27)23(22)28/h4-10,12,14,19,24H,2-3,11H2,1H3,(H,31,33)(H,34,35). The fourth-order valence-corrected chi connectivity index (χ4v) is 4.37. The molecule has 188 valence electrons. The molecule has 1 aromatic heterocycles. The Bertz CT molecular complexity index is 1350. The van der Waals surface area contributed by atoms with Crippen LogP contribution < -0.4 is 10.0 Å². The lowest BCUT2D eigenvalue weighted by Gasteiger charge is -2.18. The molecule has 1 aliphatic carbocycles. The number of nitrogens with zero attached hydrogens (tertiary/aromatic N) is 1. The van der Waals surface area contributed by atoms with Crippen LogP contribution >= 0.6 is 11.6 Å². The first-order valence-corrected chi connectivity index (χ1v) is 11.6. The molecule has 2 N–H and O–H groups in total. The average molecular weight is 519 g/mol. The number of benzene rings is 2. The quantitative estimate of drug-likeness (QED) is 0.272. The van der Waals surface area contributed by atoms with E-state index >= 15 is 0 Å². The molecule has 1 fully saturated rings. The maximum atomic E-state index is 14.7. The highest BCUT2D eigenvalue weighted by Gasteiger charge is 2.35. The van der Waals surface area contributed by atoms with Gasteiger partial charge < -0.3 is 15.6 Å². The van der Waals surface area contributed by atoms with Gasteiger partial charge in [-0.3, -0.25) is 4.79 Å². The second-order valence-corrected chi connectivity index (χ2v) is 9.26. The van der Waals surface area contributed by atoms with E-state index < -0.39 is 41.2 Å². The van der Waals surface area contributed by atoms with Crippen molar-refractivity contribution in [2.24, 2.45) is 5.92 Å². The van der Waals surface area contributed by atoms with Crippen LogP contribution in [0.3, 0.4) is 0 Å². The Kier molecular flexibility index (Phi) is 7.21. The zero-order chi connectivity index (χ0) is 26.1. The smallest absolute Gasteiger partial charge is 0.335 e. The van der Waals surface area contributed by atoms with Crippen molar-refractivity contribution in [2.45, 2.75) is 38.5 Å². The van der Waals surface area contributed by atoms with Gasteiger partial charge in [-0.1, -0.05) is 30.5 Å². The molecular formula is C26H22ClF3N2O4. The number of anilines is 1. The van der Waals surface area contributed by atoms with E-state index in [1.54, 1.807) is 6.92 Å². The van der Waals surface area contributed by atoms with E-state index in [0.29, 0.717) is 22.4 Å². The number of nitrogens with one attached hydrogen (secondary N) is 1. The number of aromatic carboxylic acids is 1. The fraction of sp³-hybridized carbons (Fsp3) is 0.269. The first-order chi connectivity index (χ1) is 17.1. The fourth-order valence-electron chi connectivity index (χ4n) is 4.21. The summed E-state index contributed by atoms with van der Waals surface area (Å²) in [5.74, 6) is -3.22. The van der Waals surface area contributed by atoms with Crippen molar-refractivity contribution in [3.63, 3.8) is 0 Å². The number of rotatable bonds is 8. The zero-order valence-corrected chi connectivity index (χ0v) is 19.9. The number of hydrogen-bond acceptors (Lipinski definition) is 3. The summed E-state index contributed by atoms with van der Waals surface area (Å²) in [5, 5.41) is 24.6. The maximum Gasteiger partial charge on any atom is 0.335 e. The average Bonchev–Trinajstić information content (AvgIpc) is 3.63. The Morgan fingerprint density at radius 1 is 1.19 bits per heavy atom. The van der Waals surface area contributed by atoms with Crippen molar-refractivity contribution in [3.8, 4) is 11.1 Å². The molecule has 0 aliphatic heterocycles. The third-order valence-electron chi connectivity index (χ3n) is 6.26. The Labute approximate surface area is 209 Å². The van der Waals surface area contributed by atoms with Gasteiger partial charge >= 0.3 is 5.97 Å². The van der Waals surface area contributed by atoms with E-state index in [1.165, 1.54) is 30.3 Å². The molecule has 4 rings (SSSR count). The molecule has 1 atom stereocenters. The largest absolute Gasteiger partial charge is 0.618 e. The minimum atomic E-state index is -2.99. The number of pyridine rings is 1. The van der Waals surface area contributed by atoms with Gasteiger partial charge in [0.1, 0.15) is 11.7 Å². The van der Waals surface area contributed by atoms with Gasteiger partial charge in [-0.05, 0) is 55.2 Å². The third kappa shape index (κ3) is 5.31. The molecule has 0 radical (unpaired) electrons. The monoisotopic (exact) mass is 518 g/mol. The van der Waals surface area contributed by atoms with Crippen molar-refractivity contribution in [1.82, 2.24) is 0 Å². The lowest BCUT2D eigenvalue weighted by atomic mass is 9.94. The van der Waals surface area contributed by atoms with Gasteiger partial charge in [0.05, 0.1) is 16.1 Å². The summed E-state index contributed by atoms with van der Waals surface area (Å²) in [6, 6.07) is 9.07. The number of aryl methyl sites for hydroxylation is 1. The molecule has 6 nitrogen and oxygen atoms in total. The van der Waals surface area contributed by atoms with Crippen molar-refractivity contribution in [2.75, 3.05) is 5.32 Å². The molecule has 0 saturated heterocycles. The zero-order valence-electron chi connectivity index (χ0n) is 19.1. The minimum Gasteiger partial charge on any atom is -0.618 e. The first-order valence-electron chi connectivity index (χ1n) is 11.2. The van der Waals surface area contributed by atoms with Crippen LogP contribution in [0.2, 0.25) is 5.02 Å². The van der Waals surface area contributed by atoms with Gasteiger partial charge in [0.25, 0.3) is 6.43 Å². The molecule has 2 aromatic carbocycles.